The summed E-state index contributed by atoms with van der Waals surface area (Å²) in [4.78, 5) is 11.5. The molecular weight excluding hydrogens is 268 g/mol. The number of esters is 1. The van der Waals surface area contributed by atoms with Gasteiger partial charge in [0.2, 0.25) is 0 Å². The van der Waals surface area contributed by atoms with E-state index in [2.05, 4.69) is 0 Å². The molecule has 17 heavy (non-hydrogen) atoms. The van der Waals surface area contributed by atoms with Crippen molar-refractivity contribution in [2.75, 3.05) is 13.2 Å². The van der Waals surface area contributed by atoms with Gasteiger partial charge in [-0.1, -0.05) is 6.07 Å². The molecule has 92 valence electrons. The molecule has 1 aromatic carbocycles. The zero-order chi connectivity index (χ0) is 12.5. The molecular formula is C10H9ClO5S. The predicted molar refractivity (Wildman–Crippen MR) is 59.5 cm³/mol. The predicted octanol–water partition coefficient (Wildman–Crippen LogP) is 1.17. The molecule has 2 rings (SSSR count). The summed E-state index contributed by atoms with van der Waals surface area (Å²) in [7, 11) is 1.34. The van der Waals surface area contributed by atoms with Crippen molar-refractivity contribution in [1.82, 2.24) is 0 Å². The lowest BCUT2D eigenvalue weighted by atomic mass is 10.2. The molecule has 0 unspecified atom stereocenters. The second-order valence-electron chi connectivity index (χ2n) is 3.53. The van der Waals surface area contributed by atoms with Gasteiger partial charge < -0.3 is 9.47 Å². The molecule has 1 aliphatic heterocycles. The topological polar surface area (TPSA) is 69.7 Å². The molecule has 0 aromatic heterocycles. The van der Waals surface area contributed by atoms with Gasteiger partial charge in [-0.2, -0.15) is 0 Å². The van der Waals surface area contributed by atoms with E-state index < -0.39 is 15.0 Å². The molecule has 0 bridgehead atoms. The monoisotopic (exact) mass is 276 g/mol. The molecule has 1 saturated heterocycles. The molecule has 0 atom stereocenters. The molecule has 0 aliphatic carbocycles. The van der Waals surface area contributed by atoms with Gasteiger partial charge in [0.1, 0.15) is 6.10 Å². The third-order valence-corrected chi connectivity index (χ3v) is 3.58. The highest BCUT2D eigenvalue weighted by atomic mass is 35.7. The van der Waals surface area contributed by atoms with E-state index in [4.69, 9.17) is 20.2 Å². The van der Waals surface area contributed by atoms with E-state index >= 15 is 0 Å². The first-order valence-electron chi connectivity index (χ1n) is 4.80. The minimum atomic E-state index is -3.84. The first kappa shape index (κ1) is 12.3. The summed E-state index contributed by atoms with van der Waals surface area (Å²) in [5.74, 6) is -0.583. The third-order valence-electron chi connectivity index (χ3n) is 2.23. The van der Waals surface area contributed by atoms with Crippen LogP contribution in [0.4, 0.5) is 0 Å². The molecule has 0 spiro atoms. The average Bonchev–Trinajstić information content (AvgIpc) is 2.22. The van der Waals surface area contributed by atoms with Crippen molar-refractivity contribution in [1.29, 1.82) is 0 Å². The van der Waals surface area contributed by atoms with Gasteiger partial charge >= 0.3 is 5.97 Å². The van der Waals surface area contributed by atoms with Gasteiger partial charge in [0.25, 0.3) is 9.05 Å². The van der Waals surface area contributed by atoms with Gasteiger partial charge in [0.15, 0.2) is 0 Å². The van der Waals surface area contributed by atoms with Gasteiger partial charge in [-0.05, 0) is 18.2 Å². The van der Waals surface area contributed by atoms with E-state index in [1.807, 2.05) is 0 Å². The van der Waals surface area contributed by atoms with Crippen LogP contribution in [0, 0.1) is 0 Å². The van der Waals surface area contributed by atoms with E-state index in [-0.39, 0.29) is 16.6 Å². The second-order valence-corrected chi connectivity index (χ2v) is 6.10. The van der Waals surface area contributed by atoms with Gasteiger partial charge in [-0.25, -0.2) is 13.2 Å². The Balaban J connectivity index is 2.17. The summed E-state index contributed by atoms with van der Waals surface area (Å²) >= 11 is 0. The van der Waals surface area contributed by atoms with E-state index in [0.29, 0.717) is 13.2 Å². The minimum Gasteiger partial charge on any atom is -0.454 e. The number of hydrogen-bond acceptors (Lipinski definition) is 5. The molecule has 0 amide bonds. The van der Waals surface area contributed by atoms with Crippen LogP contribution in [0.2, 0.25) is 0 Å². The summed E-state index contributed by atoms with van der Waals surface area (Å²) in [6.07, 6.45) is -0.251. The Morgan fingerprint density at radius 2 is 2.12 bits per heavy atom. The fourth-order valence-corrected chi connectivity index (χ4v) is 2.07. The molecule has 7 heteroatoms. The van der Waals surface area contributed by atoms with Crippen LogP contribution in [0.5, 0.6) is 0 Å². The van der Waals surface area contributed by atoms with Crippen molar-refractivity contribution in [3.8, 4) is 0 Å². The van der Waals surface area contributed by atoms with Crippen molar-refractivity contribution >= 4 is 25.7 Å². The van der Waals surface area contributed by atoms with Gasteiger partial charge in [0.05, 0.1) is 23.7 Å². The fourth-order valence-electron chi connectivity index (χ4n) is 1.28. The Kier molecular flexibility index (Phi) is 3.37. The largest absolute Gasteiger partial charge is 0.454 e. The van der Waals surface area contributed by atoms with Crippen LogP contribution < -0.4 is 0 Å². The number of rotatable bonds is 3. The van der Waals surface area contributed by atoms with Crippen LogP contribution in [0.25, 0.3) is 0 Å². The standard InChI is InChI=1S/C10H9ClO5S/c11-17(13,14)9-3-1-2-7(4-9)10(12)16-8-5-15-6-8/h1-4,8H,5-6H2. The highest BCUT2D eigenvalue weighted by Crippen LogP contribution is 2.17. The molecule has 1 heterocycles. The Morgan fingerprint density at radius 3 is 2.65 bits per heavy atom. The number of carbonyl (C=O) groups is 1. The summed E-state index contributed by atoms with van der Waals surface area (Å²) in [5, 5.41) is 0. The number of ether oxygens (including phenoxy) is 2. The van der Waals surface area contributed by atoms with Crippen LogP contribution in [-0.2, 0) is 18.5 Å². The van der Waals surface area contributed by atoms with Crippen molar-refractivity contribution in [2.45, 2.75) is 11.0 Å². The molecule has 1 fully saturated rings. The lowest BCUT2D eigenvalue weighted by Gasteiger charge is -2.25. The number of carbonyl (C=O) groups excluding carboxylic acids is 1. The lowest BCUT2D eigenvalue weighted by molar-refractivity contribution is -0.103. The second kappa shape index (κ2) is 4.64. The smallest absolute Gasteiger partial charge is 0.338 e. The summed E-state index contributed by atoms with van der Waals surface area (Å²) in [6, 6.07) is 5.40. The summed E-state index contributed by atoms with van der Waals surface area (Å²) in [6.45, 7) is 0.748. The van der Waals surface area contributed by atoms with Crippen LogP contribution >= 0.6 is 10.7 Å². The van der Waals surface area contributed by atoms with Crippen molar-refractivity contribution < 1.29 is 22.7 Å². The van der Waals surface area contributed by atoms with Crippen molar-refractivity contribution in [2.24, 2.45) is 0 Å². The van der Waals surface area contributed by atoms with Crippen LogP contribution in [0.1, 0.15) is 10.4 Å². The van der Waals surface area contributed by atoms with E-state index in [1.54, 1.807) is 0 Å². The lowest BCUT2D eigenvalue weighted by Crippen LogP contribution is -2.37. The quantitative estimate of drug-likeness (QED) is 0.612. The fraction of sp³-hybridized carbons (Fsp3) is 0.300. The van der Waals surface area contributed by atoms with Gasteiger partial charge in [-0.15, -0.1) is 0 Å². The van der Waals surface area contributed by atoms with E-state index in [1.165, 1.54) is 24.3 Å². The van der Waals surface area contributed by atoms with E-state index in [0.717, 1.165) is 0 Å². The zero-order valence-corrected chi connectivity index (χ0v) is 10.2. The van der Waals surface area contributed by atoms with Crippen LogP contribution in [-0.4, -0.2) is 33.7 Å². The van der Waals surface area contributed by atoms with E-state index in [9.17, 15) is 13.2 Å². The Hall–Kier alpha value is -1.11. The Bertz CT molecular complexity index is 535. The first-order valence-corrected chi connectivity index (χ1v) is 7.11. The van der Waals surface area contributed by atoms with Gasteiger partial charge in [0, 0.05) is 10.7 Å². The number of benzene rings is 1. The van der Waals surface area contributed by atoms with Crippen molar-refractivity contribution in [3.63, 3.8) is 0 Å². The van der Waals surface area contributed by atoms with Gasteiger partial charge in [-0.3, -0.25) is 0 Å². The van der Waals surface area contributed by atoms with Crippen LogP contribution in [0.15, 0.2) is 29.2 Å². The maximum atomic E-state index is 11.6. The average molecular weight is 277 g/mol. The summed E-state index contributed by atoms with van der Waals surface area (Å²) < 4.78 is 32.1. The third kappa shape index (κ3) is 2.96. The highest BCUT2D eigenvalue weighted by molar-refractivity contribution is 8.13. The molecule has 5 nitrogen and oxygen atoms in total. The summed E-state index contributed by atoms with van der Waals surface area (Å²) in [5.41, 5.74) is 0.152. The first-order chi connectivity index (χ1) is 7.97. The molecule has 0 radical (unpaired) electrons. The molecule has 1 aromatic rings. The van der Waals surface area contributed by atoms with Crippen LogP contribution in [0.3, 0.4) is 0 Å². The maximum absolute atomic E-state index is 11.6. The Labute approximate surface area is 103 Å². The van der Waals surface area contributed by atoms with Crippen molar-refractivity contribution in [3.05, 3.63) is 29.8 Å². The molecule has 1 aliphatic rings. The molecule has 0 N–H and O–H groups in total. The number of halogens is 1. The Morgan fingerprint density at radius 1 is 1.41 bits per heavy atom. The minimum absolute atomic E-state index is 0.126. The normalized spacial score (nSPS) is 16.3. The highest BCUT2D eigenvalue weighted by Gasteiger charge is 2.24. The number of hydrogen-bond donors (Lipinski definition) is 0. The zero-order valence-electron chi connectivity index (χ0n) is 8.63. The SMILES string of the molecule is O=C(OC1COC1)c1cccc(S(=O)(=O)Cl)c1. The maximum Gasteiger partial charge on any atom is 0.338 e. The molecule has 0 saturated carbocycles.